The zero-order chi connectivity index (χ0) is 22.5. The highest BCUT2D eigenvalue weighted by Crippen LogP contribution is 2.51. The van der Waals surface area contributed by atoms with Crippen molar-refractivity contribution in [2.24, 2.45) is 29.6 Å². The monoisotopic (exact) mass is 446 g/mol. The quantitative estimate of drug-likeness (QED) is 0.362. The van der Waals surface area contributed by atoms with Gasteiger partial charge < -0.3 is 4.74 Å². The highest BCUT2D eigenvalue weighted by atomic mass is 19.2. The summed E-state index contributed by atoms with van der Waals surface area (Å²) in [4.78, 5) is 0. The Morgan fingerprint density at radius 1 is 0.750 bits per heavy atom. The second kappa shape index (κ2) is 11.3. The molecule has 0 heterocycles. The van der Waals surface area contributed by atoms with Crippen LogP contribution in [0.25, 0.3) is 0 Å². The first-order chi connectivity index (χ1) is 15.6. The van der Waals surface area contributed by atoms with Crippen LogP contribution < -0.4 is 4.74 Å². The Morgan fingerprint density at radius 2 is 1.41 bits per heavy atom. The van der Waals surface area contributed by atoms with Gasteiger partial charge in [-0.3, -0.25) is 0 Å². The van der Waals surface area contributed by atoms with Crippen molar-refractivity contribution in [2.75, 3.05) is 6.61 Å². The summed E-state index contributed by atoms with van der Waals surface area (Å²) in [7, 11) is 0. The number of ether oxygens (including phenoxy) is 1. The molecule has 4 atom stereocenters. The highest BCUT2D eigenvalue weighted by molar-refractivity contribution is 5.33. The fourth-order valence-electron chi connectivity index (χ4n) is 7.29. The third-order valence-corrected chi connectivity index (χ3v) is 9.18. The molecular formula is C29H44F2O. The molecule has 3 saturated carbocycles. The van der Waals surface area contributed by atoms with Gasteiger partial charge in [0.15, 0.2) is 11.6 Å². The average molecular weight is 447 g/mol. The molecule has 0 aliphatic heterocycles. The lowest BCUT2D eigenvalue weighted by Crippen LogP contribution is -2.34. The lowest BCUT2D eigenvalue weighted by Gasteiger charge is -2.45. The molecule has 3 heteroatoms. The van der Waals surface area contributed by atoms with Crippen molar-refractivity contribution in [1.82, 2.24) is 0 Å². The Kier molecular flexibility index (Phi) is 8.51. The molecule has 1 aromatic rings. The van der Waals surface area contributed by atoms with Gasteiger partial charge in [0.25, 0.3) is 0 Å². The van der Waals surface area contributed by atoms with E-state index in [1.54, 1.807) is 12.1 Å². The molecule has 3 aliphatic carbocycles. The van der Waals surface area contributed by atoms with Crippen LogP contribution in [-0.4, -0.2) is 6.61 Å². The van der Waals surface area contributed by atoms with Crippen molar-refractivity contribution < 1.29 is 13.5 Å². The van der Waals surface area contributed by atoms with E-state index in [2.05, 4.69) is 13.8 Å². The van der Waals surface area contributed by atoms with Crippen molar-refractivity contribution in [3.05, 3.63) is 29.3 Å². The smallest absolute Gasteiger partial charge is 0.200 e. The lowest BCUT2D eigenvalue weighted by molar-refractivity contribution is 0.0707. The van der Waals surface area contributed by atoms with Crippen LogP contribution in [-0.2, 0) is 0 Å². The highest BCUT2D eigenvalue weighted by Gasteiger charge is 2.39. The number of rotatable bonds is 8. The summed E-state index contributed by atoms with van der Waals surface area (Å²) >= 11 is 0. The van der Waals surface area contributed by atoms with Gasteiger partial charge in [-0.25, -0.2) is 4.39 Å². The minimum atomic E-state index is -0.789. The molecule has 32 heavy (non-hydrogen) atoms. The summed E-state index contributed by atoms with van der Waals surface area (Å²) < 4.78 is 35.0. The number of fused-ring (bicyclic) bond motifs is 1. The predicted octanol–water partition coefficient (Wildman–Crippen LogP) is 9.05. The number of unbranched alkanes of at least 4 members (excludes halogenated alkanes) is 1. The van der Waals surface area contributed by atoms with Gasteiger partial charge in [0, 0.05) is 0 Å². The molecule has 0 radical (unpaired) electrons. The zero-order valence-electron chi connectivity index (χ0n) is 20.4. The maximum Gasteiger partial charge on any atom is 0.200 e. The van der Waals surface area contributed by atoms with Crippen molar-refractivity contribution in [3.63, 3.8) is 0 Å². The van der Waals surface area contributed by atoms with Crippen LogP contribution >= 0.6 is 0 Å². The van der Waals surface area contributed by atoms with Crippen LogP contribution in [0.15, 0.2) is 12.1 Å². The number of benzene rings is 1. The summed E-state index contributed by atoms with van der Waals surface area (Å²) in [6, 6.07) is 3.45. The van der Waals surface area contributed by atoms with Gasteiger partial charge in [0.1, 0.15) is 0 Å². The van der Waals surface area contributed by atoms with Crippen molar-refractivity contribution in [2.45, 2.75) is 110 Å². The minimum absolute atomic E-state index is 0.0718. The molecule has 0 spiro atoms. The molecule has 3 aliphatic rings. The first-order valence-corrected chi connectivity index (χ1v) is 13.7. The second-order valence-corrected chi connectivity index (χ2v) is 11.2. The number of hydrogen-bond acceptors (Lipinski definition) is 1. The molecule has 3 fully saturated rings. The molecule has 0 bridgehead atoms. The van der Waals surface area contributed by atoms with Gasteiger partial charge in [0.05, 0.1) is 6.61 Å². The van der Waals surface area contributed by atoms with Gasteiger partial charge in [-0.2, -0.15) is 4.39 Å². The van der Waals surface area contributed by atoms with Crippen LogP contribution in [0, 0.1) is 41.2 Å². The Balaban J connectivity index is 1.31. The first kappa shape index (κ1) is 24.0. The van der Waals surface area contributed by atoms with Crippen LogP contribution in [0.1, 0.15) is 115 Å². The van der Waals surface area contributed by atoms with Crippen molar-refractivity contribution in [3.8, 4) is 5.75 Å². The van der Waals surface area contributed by atoms with Gasteiger partial charge in [-0.05, 0) is 105 Å². The standard InChI is InChI=1S/C29H44F2O/c1-3-5-17-32-27-16-15-26(28(30)29(27)31)25-14-13-23-18-22(11-12-24(23)19-25)21-9-7-20(6-4-2)8-10-21/h15-16,20-25H,3-14,17-19H2,1-2H3. The topological polar surface area (TPSA) is 9.23 Å². The first-order valence-electron chi connectivity index (χ1n) is 13.7. The third kappa shape index (κ3) is 5.50. The van der Waals surface area contributed by atoms with Gasteiger partial charge >= 0.3 is 0 Å². The molecule has 4 rings (SSSR count). The maximum atomic E-state index is 14.9. The van der Waals surface area contributed by atoms with Crippen LogP contribution in [0.3, 0.4) is 0 Å². The molecule has 180 valence electrons. The van der Waals surface area contributed by atoms with Gasteiger partial charge in [0.2, 0.25) is 5.82 Å². The predicted molar refractivity (Wildman–Crippen MR) is 128 cm³/mol. The molecule has 1 aromatic carbocycles. The van der Waals surface area contributed by atoms with Crippen LogP contribution in [0.5, 0.6) is 5.75 Å². The van der Waals surface area contributed by atoms with Crippen LogP contribution in [0.4, 0.5) is 8.78 Å². The van der Waals surface area contributed by atoms with E-state index in [1.165, 1.54) is 64.2 Å². The molecule has 4 unspecified atom stereocenters. The molecule has 1 nitrogen and oxygen atoms in total. The van der Waals surface area contributed by atoms with Crippen molar-refractivity contribution in [1.29, 1.82) is 0 Å². The Hall–Kier alpha value is -1.12. The Morgan fingerprint density at radius 3 is 2.12 bits per heavy atom. The fourth-order valence-corrected chi connectivity index (χ4v) is 7.29. The summed E-state index contributed by atoms with van der Waals surface area (Å²) in [6.07, 6.45) is 17.7. The van der Waals surface area contributed by atoms with E-state index in [9.17, 15) is 8.78 Å². The molecule has 0 aromatic heterocycles. The fraction of sp³-hybridized carbons (Fsp3) is 0.793. The maximum absolute atomic E-state index is 14.9. The molecule has 0 amide bonds. The summed E-state index contributed by atoms with van der Waals surface area (Å²) in [5.74, 6) is 3.15. The normalized spacial score (nSPS) is 33.0. The summed E-state index contributed by atoms with van der Waals surface area (Å²) in [6.45, 7) is 4.83. The van der Waals surface area contributed by atoms with E-state index in [0.717, 1.165) is 49.4 Å². The van der Waals surface area contributed by atoms with E-state index >= 15 is 0 Å². The van der Waals surface area contributed by atoms with Gasteiger partial charge in [-0.15, -0.1) is 0 Å². The van der Waals surface area contributed by atoms with E-state index in [4.69, 9.17) is 4.74 Å². The summed E-state index contributed by atoms with van der Waals surface area (Å²) in [5, 5.41) is 0. The molecule has 0 N–H and O–H groups in total. The average Bonchev–Trinajstić information content (AvgIpc) is 2.82. The largest absolute Gasteiger partial charge is 0.490 e. The zero-order valence-corrected chi connectivity index (χ0v) is 20.4. The van der Waals surface area contributed by atoms with E-state index in [0.29, 0.717) is 18.1 Å². The summed E-state index contributed by atoms with van der Waals surface area (Å²) in [5.41, 5.74) is 0.583. The SMILES string of the molecule is CCCCOc1ccc(C2CCC3CC(C4CCC(CCC)CC4)CCC3C2)c(F)c1F. The number of hydrogen-bond donors (Lipinski definition) is 0. The molecule has 0 saturated heterocycles. The Bertz CT molecular complexity index is 724. The minimum Gasteiger partial charge on any atom is -0.490 e. The van der Waals surface area contributed by atoms with E-state index < -0.39 is 11.6 Å². The van der Waals surface area contributed by atoms with Gasteiger partial charge in [-0.1, -0.05) is 52.0 Å². The van der Waals surface area contributed by atoms with E-state index in [1.807, 2.05) is 0 Å². The lowest BCUT2D eigenvalue weighted by atomic mass is 9.60. The van der Waals surface area contributed by atoms with Crippen LogP contribution in [0.2, 0.25) is 0 Å². The Labute approximate surface area is 194 Å². The third-order valence-electron chi connectivity index (χ3n) is 9.18. The van der Waals surface area contributed by atoms with E-state index in [-0.39, 0.29) is 11.7 Å². The van der Waals surface area contributed by atoms with Crippen molar-refractivity contribution >= 4 is 0 Å². The second-order valence-electron chi connectivity index (χ2n) is 11.2. The number of halogens is 2. The molecular weight excluding hydrogens is 402 g/mol.